The molecule has 2 atom stereocenters. The Hall–Kier alpha value is -0.400. The third-order valence-electron chi connectivity index (χ3n) is 3.87. The first-order chi connectivity index (χ1) is 12.8. The predicted octanol–water partition coefficient (Wildman–Crippen LogP) is 4.51. The fraction of sp³-hybridized carbons (Fsp3) is 0.706. The fourth-order valence-corrected chi connectivity index (χ4v) is 2.90. The summed E-state index contributed by atoms with van der Waals surface area (Å²) in [6.45, 7) is 3.56. The third-order valence-corrected chi connectivity index (χ3v) is 5.30. The molecular weight excluding hydrogens is 473 g/mol. The van der Waals surface area contributed by atoms with Crippen molar-refractivity contribution in [2.24, 2.45) is 11.7 Å². The average molecular weight is 499 g/mol. The molecule has 0 aromatic carbocycles. The van der Waals surface area contributed by atoms with Crippen molar-refractivity contribution in [1.29, 1.82) is 0 Å². The summed E-state index contributed by atoms with van der Waals surface area (Å²) >= 11 is 28.7. The second-order valence-corrected chi connectivity index (χ2v) is 9.88. The molecule has 0 aromatic heterocycles. The highest BCUT2D eigenvalue weighted by Crippen LogP contribution is 2.33. The number of methoxy groups -OCH3 is 1. The smallest absolute Gasteiger partial charge is 0.257 e. The highest BCUT2D eigenvalue weighted by Gasteiger charge is 2.39. The van der Waals surface area contributed by atoms with Gasteiger partial charge in [-0.15, -0.1) is 23.2 Å². The Balaban J connectivity index is 0.00000129. The van der Waals surface area contributed by atoms with Gasteiger partial charge in [-0.05, 0) is 25.2 Å². The number of alkyl halides is 5. The summed E-state index contributed by atoms with van der Waals surface area (Å²) in [7, 11) is 1.45. The van der Waals surface area contributed by atoms with Crippen LogP contribution in [0.5, 0.6) is 0 Å². The number of nitrogens with zero attached hydrogens (tertiary/aromatic N) is 1. The first-order valence-electron chi connectivity index (χ1n) is 8.58. The van der Waals surface area contributed by atoms with Gasteiger partial charge in [0.2, 0.25) is 11.8 Å². The number of nitrogens with two attached hydrogens (primary N) is 1. The molecule has 0 aromatic rings. The van der Waals surface area contributed by atoms with Crippen molar-refractivity contribution >= 4 is 75.7 Å². The minimum atomic E-state index is -1.41. The van der Waals surface area contributed by atoms with Gasteiger partial charge in [0.1, 0.15) is 10.6 Å². The van der Waals surface area contributed by atoms with E-state index >= 15 is 0 Å². The Kier molecular flexibility index (Phi) is 12.8. The van der Waals surface area contributed by atoms with Crippen LogP contribution in [0.4, 0.5) is 0 Å². The van der Waals surface area contributed by atoms with Crippen molar-refractivity contribution in [3.63, 3.8) is 0 Å². The second-order valence-electron chi connectivity index (χ2n) is 6.20. The van der Waals surface area contributed by atoms with Crippen LogP contribution in [0, 0.1) is 5.92 Å². The van der Waals surface area contributed by atoms with Crippen LogP contribution in [-0.4, -0.2) is 44.4 Å². The molecule has 0 saturated carbocycles. The maximum absolute atomic E-state index is 12.4. The van der Waals surface area contributed by atoms with Crippen LogP contribution in [0.2, 0.25) is 0 Å². The topological polar surface area (TPSA) is 89.7 Å². The summed E-state index contributed by atoms with van der Waals surface area (Å²) < 4.78 is 3.80. The predicted molar refractivity (Wildman–Crippen MR) is 114 cm³/mol. The van der Waals surface area contributed by atoms with E-state index in [0.717, 1.165) is 0 Å². The number of imide groups is 1. The van der Waals surface area contributed by atoms with E-state index in [0.29, 0.717) is 25.0 Å². The van der Waals surface area contributed by atoms with Gasteiger partial charge in [-0.3, -0.25) is 19.3 Å². The molecule has 11 heteroatoms. The molecule has 2 unspecified atom stereocenters. The van der Waals surface area contributed by atoms with Gasteiger partial charge in [-0.2, -0.15) is 0 Å². The molecule has 0 radical (unpaired) electrons. The third kappa shape index (κ3) is 10.4. The van der Waals surface area contributed by atoms with Crippen LogP contribution in [0.25, 0.3) is 0 Å². The Bertz CT molecular complexity index is 578. The lowest BCUT2D eigenvalue weighted by molar-refractivity contribution is -0.143. The molecule has 0 bridgehead atoms. The Morgan fingerprint density at radius 2 is 1.86 bits per heavy atom. The molecule has 3 amide bonds. The van der Waals surface area contributed by atoms with Gasteiger partial charge in [-0.25, -0.2) is 0 Å². The Morgan fingerprint density at radius 1 is 1.32 bits per heavy atom. The van der Waals surface area contributed by atoms with E-state index in [1.807, 2.05) is 6.92 Å². The van der Waals surface area contributed by atoms with Crippen molar-refractivity contribution in [3.8, 4) is 0 Å². The van der Waals surface area contributed by atoms with Crippen LogP contribution in [0.1, 0.15) is 46.0 Å². The summed E-state index contributed by atoms with van der Waals surface area (Å²) in [5.74, 6) is -0.705. The minimum Gasteiger partial charge on any atom is -0.499 e. The van der Waals surface area contributed by atoms with Gasteiger partial charge in [0.15, 0.2) is 3.79 Å². The molecule has 1 aliphatic rings. The van der Waals surface area contributed by atoms with Crippen LogP contribution >= 0.6 is 58.0 Å². The average Bonchev–Trinajstić information content (AvgIpc) is 2.89. The van der Waals surface area contributed by atoms with Crippen molar-refractivity contribution in [2.75, 3.05) is 7.11 Å². The lowest BCUT2D eigenvalue weighted by atomic mass is 10.0. The van der Waals surface area contributed by atoms with Crippen molar-refractivity contribution in [3.05, 3.63) is 11.8 Å². The number of carbonyl (C=O) groups is 3. The quantitative estimate of drug-likeness (QED) is 0.499. The summed E-state index contributed by atoms with van der Waals surface area (Å²) in [6, 6.07) is -0.511. The van der Waals surface area contributed by atoms with Crippen LogP contribution < -0.4 is 5.73 Å². The second kappa shape index (κ2) is 13.0. The molecule has 0 saturated heterocycles. The van der Waals surface area contributed by atoms with Gasteiger partial charge in [0.25, 0.3) is 5.91 Å². The van der Waals surface area contributed by atoms with Crippen molar-refractivity contribution in [1.82, 2.24) is 4.90 Å². The molecule has 28 heavy (non-hydrogen) atoms. The maximum Gasteiger partial charge on any atom is 0.257 e. The Labute approximate surface area is 190 Å². The van der Waals surface area contributed by atoms with E-state index in [4.69, 9.17) is 62.7 Å². The number of ether oxygens (including phenoxy) is 1. The van der Waals surface area contributed by atoms with Crippen molar-refractivity contribution < 1.29 is 19.1 Å². The van der Waals surface area contributed by atoms with Gasteiger partial charge in [0, 0.05) is 18.9 Å². The molecule has 2 N–H and O–H groups in total. The van der Waals surface area contributed by atoms with Gasteiger partial charge >= 0.3 is 0 Å². The number of halogens is 5. The number of rotatable bonds is 8. The molecule has 1 aliphatic heterocycles. The lowest BCUT2D eigenvalue weighted by Crippen LogP contribution is -2.42. The fourth-order valence-electron chi connectivity index (χ4n) is 2.30. The molecule has 1 rings (SSSR count). The highest BCUT2D eigenvalue weighted by molar-refractivity contribution is 6.67. The van der Waals surface area contributed by atoms with Crippen LogP contribution in [0.15, 0.2) is 11.8 Å². The van der Waals surface area contributed by atoms with E-state index in [-0.39, 0.29) is 30.6 Å². The number of primary amides is 1. The molecule has 0 aliphatic carbocycles. The summed E-state index contributed by atoms with van der Waals surface area (Å²) in [5.41, 5.74) is 4.65. The summed E-state index contributed by atoms with van der Waals surface area (Å²) in [4.78, 5) is 34.7. The Morgan fingerprint density at radius 3 is 2.25 bits per heavy atom. The maximum atomic E-state index is 12.4. The van der Waals surface area contributed by atoms with Gasteiger partial charge < -0.3 is 10.5 Å². The SMILES string of the molecule is CCC(N)=O.COC1=CC(=O)N(C(=O)CCCC(Cl)(Cl)Cl)C1CC(C)C(Cl)Cl. The molecule has 0 spiro atoms. The molecular formula is C17H25Cl5N2O4. The molecule has 6 nitrogen and oxygen atoms in total. The normalized spacial score (nSPS) is 17.8. The molecule has 162 valence electrons. The van der Waals surface area contributed by atoms with E-state index in [1.54, 1.807) is 6.92 Å². The minimum absolute atomic E-state index is 0.0978. The van der Waals surface area contributed by atoms with E-state index in [1.165, 1.54) is 18.1 Å². The summed E-state index contributed by atoms with van der Waals surface area (Å²) in [5, 5.41) is 0. The van der Waals surface area contributed by atoms with Crippen LogP contribution in [-0.2, 0) is 19.1 Å². The van der Waals surface area contributed by atoms with E-state index in [9.17, 15) is 14.4 Å². The number of hydrogen-bond acceptors (Lipinski definition) is 4. The zero-order valence-electron chi connectivity index (χ0n) is 15.9. The molecule has 0 fully saturated rings. The first-order valence-corrected chi connectivity index (χ1v) is 10.6. The van der Waals surface area contributed by atoms with E-state index in [2.05, 4.69) is 5.73 Å². The number of amides is 3. The largest absolute Gasteiger partial charge is 0.499 e. The first kappa shape index (κ1) is 27.6. The molecule has 1 heterocycles. The summed E-state index contributed by atoms with van der Waals surface area (Å²) in [6.07, 6.45) is 2.85. The lowest BCUT2D eigenvalue weighted by Gasteiger charge is -2.27. The monoisotopic (exact) mass is 496 g/mol. The van der Waals surface area contributed by atoms with Gasteiger partial charge in [-0.1, -0.05) is 48.7 Å². The standard InChI is InChI=1S/C14H18Cl5NO3.C3H7NO/c1-8(13(15)16)6-9-10(23-2)7-12(22)20(9)11(21)4-3-5-14(17,18)19;1-2-3(4)5/h7-9,13H,3-6H2,1-2H3;2H2,1H3,(H2,4,5). The number of carbonyl (C=O) groups excluding carboxylic acids is 3. The van der Waals surface area contributed by atoms with Gasteiger partial charge in [0.05, 0.1) is 13.2 Å². The van der Waals surface area contributed by atoms with Crippen molar-refractivity contribution in [2.45, 2.75) is 60.6 Å². The number of hydrogen-bond donors (Lipinski definition) is 1. The van der Waals surface area contributed by atoms with Crippen LogP contribution in [0.3, 0.4) is 0 Å². The van der Waals surface area contributed by atoms with E-state index < -0.39 is 20.6 Å². The zero-order valence-corrected chi connectivity index (χ0v) is 19.7. The zero-order chi connectivity index (χ0) is 22.1. The highest BCUT2D eigenvalue weighted by atomic mass is 35.6.